The van der Waals surface area contributed by atoms with E-state index in [0.717, 1.165) is 18.5 Å². The highest BCUT2D eigenvalue weighted by molar-refractivity contribution is 6.08. The number of carbonyl (C=O) groups is 1. The standard InChI is InChI=1S/C27H23NO3/c29-25-15-14-21(18-26(25)30)27(31)24-13-7-12-23(28-24)22(16-19-8-3-1-4-9-19)17-20-10-5-2-6-11-20/h1-15,18,22,29-30H,16-17H2. The predicted molar refractivity (Wildman–Crippen MR) is 120 cm³/mol. The predicted octanol–water partition coefficient (Wildman–Crippen LogP) is 5.29. The molecule has 1 heterocycles. The summed E-state index contributed by atoms with van der Waals surface area (Å²) >= 11 is 0. The minimum atomic E-state index is -0.326. The van der Waals surface area contributed by atoms with Crippen LogP contribution >= 0.6 is 0 Å². The number of hydrogen-bond acceptors (Lipinski definition) is 4. The van der Waals surface area contributed by atoms with E-state index in [9.17, 15) is 15.0 Å². The van der Waals surface area contributed by atoms with Gasteiger partial charge in [0.25, 0.3) is 0 Å². The monoisotopic (exact) mass is 409 g/mol. The third-order valence-corrected chi connectivity index (χ3v) is 5.31. The van der Waals surface area contributed by atoms with Gasteiger partial charge in [0, 0.05) is 17.2 Å². The van der Waals surface area contributed by atoms with Crippen LogP contribution in [0.15, 0.2) is 97.1 Å². The minimum absolute atomic E-state index is 0.103. The van der Waals surface area contributed by atoms with E-state index in [2.05, 4.69) is 24.3 Å². The van der Waals surface area contributed by atoms with Crippen LogP contribution < -0.4 is 0 Å². The second kappa shape index (κ2) is 9.26. The molecule has 0 radical (unpaired) electrons. The molecule has 4 nitrogen and oxygen atoms in total. The molecule has 0 amide bonds. The van der Waals surface area contributed by atoms with Crippen molar-refractivity contribution in [3.05, 3.63) is 125 Å². The molecule has 4 heteroatoms. The summed E-state index contributed by atoms with van der Waals surface area (Å²) in [4.78, 5) is 17.6. The number of ketones is 1. The van der Waals surface area contributed by atoms with Gasteiger partial charge in [0.05, 0.1) is 0 Å². The lowest BCUT2D eigenvalue weighted by molar-refractivity contribution is 0.103. The summed E-state index contributed by atoms with van der Waals surface area (Å²) in [6, 6.07) is 30.1. The number of benzene rings is 3. The van der Waals surface area contributed by atoms with Gasteiger partial charge in [-0.2, -0.15) is 0 Å². The molecule has 0 aliphatic heterocycles. The second-order valence-corrected chi connectivity index (χ2v) is 7.56. The first kappa shape index (κ1) is 20.4. The highest BCUT2D eigenvalue weighted by Gasteiger charge is 2.18. The molecule has 0 spiro atoms. The number of carbonyl (C=O) groups excluding carboxylic acids is 1. The fourth-order valence-corrected chi connectivity index (χ4v) is 3.70. The van der Waals surface area contributed by atoms with Crippen molar-refractivity contribution in [3.63, 3.8) is 0 Å². The quantitative estimate of drug-likeness (QED) is 0.321. The van der Waals surface area contributed by atoms with Crippen molar-refractivity contribution < 1.29 is 15.0 Å². The van der Waals surface area contributed by atoms with Gasteiger partial charge in [-0.05, 0) is 54.3 Å². The number of rotatable bonds is 7. The van der Waals surface area contributed by atoms with Crippen LogP contribution in [-0.4, -0.2) is 21.0 Å². The molecule has 0 saturated heterocycles. The van der Waals surface area contributed by atoms with Gasteiger partial charge in [0.2, 0.25) is 5.78 Å². The van der Waals surface area contributed by atoms with Crippen LogP contribution in [0, 0.1) is 0 Å². The largest absolute Gasteiger partial charge is 0.504 e. The van der Waals surface area contributed by atoms with Gasteiger partial charge in [0.15, 0.2) is 11.5 Å². The van der Waals surface area contributed by atoms with Gasteiger partial charge < -0.3 is 10.2 Å². The van der Waals surface area contributed by atoms with Crippen LogP contribution in [0.3, 0.4) is 0 Å². The Hall–Kier alpha value is -3.92. The Morgan fingerprint density at radius 2 is 1.32 bits per heavy atom. The molecule has 0 aliphatic rings. The SMILES string of the molecule is O=C(c1ccc(O)c(O)c1)c1cccc(C(Cc2ccccc2)Cc2ccccc2)n1. The molecule has 1 aromatic heterocycles. The molecular formula is C27H23NO3. The van der Waals surface area contributed by atoms with Crippen LogP contribution in [0.2, 0.25) is 0 Å². The lowest BCUT2D eigenvalue weighted by Crippen LogP contribution is -2.12. The van der Waals surface area contributed by atoms with Crippen molar-refractivity contribution in [1.29, 1.82) is 0 Å². The van der Waals surface area contributed by atoms with Crippen LogP contribution in [0.1, 0.15) is 38.8 Å². The summed E-state index contributed by atoms with van der Waals surface area (Å²) in [5.74, 6) is -0.779. The molecule has 31 heavy (non-hydrogen) atoms. The smallest absolute Gasteiger partial charge is 0.211 e. The first-order valence-electron chi connectivity index (χ1n) is 10.2. The summed E-state index contributed by atoms with van der Waals surface area (Å²) in [5, 5.41) is 19.3. The van der Waals surface area contributed by atoms with E-state index in [1.165, 1.54) is 29.3 Å². The van der Waals surface area contributed by atoms with Crippen molar-refractivity contribution in [2.45, 2.75) is 18.8 Å². The third-order valence-electron chi connectivity index (χ3n) is 5.31. The van der Waals surface area contributed by atoms with Gasteiger partial charge in [-0.25, -0.2) is 4.98 Å². The van der Waals surface area contributed by atoms with E-state index in [1.807, 2.05) is 48.5 Å². The Bertz CT molecular complexity index is 1130. The second-order valence-electron chi connectivity index (χ2n) is 7.56. The number of nitrogens with zero attached hydrogens (tertiary/aromatic N) is 1. The van der Waals surface area contributed by atoms with E-state index in [-0.39, 0.29) is 28.8 Å². The van der Waals surface area contributed by atoms with Gasteiger partial charge >= 0.3 is 0 Å². The fraction of sp³-hybridized carbons (Fsp3) is 0.111. The Labute approximate surface area is 181 Å². The normalized spacial score (nSPS) is 10.9. The van der Waals surface area contributed by atoms with Crippen molar-refractivity contribution in [1.82, 2.24) is 4.98 Å². The number of hydrogen-bond donors (Lipinski definition) is 2. The summed E-state index contributed by atoms with van der Waals surface area (Å²) in [6.45, 7) is 0. The Morgan fingerprint density at radius 3 is 1.90 bits per heavy atom. The van der Waals surface area contributed by atoms with Gasteiger partial charge in [-0.1, -0.05) is 66.7 Å². The Balaban J connectivity index is 1.66. The van der Waals surface area contributed by atoms with E-state index in [1.54, 1.807) is 6.07 Å². The zero-order valence-electron chi connectivity index (χ0n) is 17.0. The summed E-state index contributed by atoms with van der Waals surface area (Å²) < 4.78 is 0. The van der Waals surface area contributed by atoms with E-state index in [4.69, 9.17) is 4.98 Å². The summed E-state index contributed by atoms with van der Waals surface area (Å²) in [6.07, 6.45) is 1.61. The Morgan fingerprint density at radius 1 is 0.710 bits per heavy atom. The average molecular weight is 409 g/mol. The number of phenolic OH excluding ortho intramolecular Hbond substituents is 2. The molecule has 0 atom stereocenters. The van der Waals surface area contributed by atoms with Crippen molar-refractivity contribution in [2.75, 3.05) is 0 Å². The number of aromatic nitrogens is 1. The Kier molecular flexibility index (Phi) is 6.08. The van der Waals surface area contributed by atoms with Crippen molar-refractivity contribution >= 4 is 5.78 Å². The summed E-state index contributed by atoms with van der Waals surface area (Å²) in [7, 11) is 0. The maximum absolute atomic E-state index is 12.9. The minimum Gasteiger partial charge on any atom is -0.504 e. The number of pyridine rings is 1. The van der Waals surface area contributed by atoms with Crippen molar-refractivity contribution in [2.24, 2.45) is 0 Å². The maximum Gasteiger partial charge on any atom is 0.211 e. The van der Waals surface area contributed by atoms with Crippen LogP contribution in [0.5, 0.6) is 11.5 Å². The molecule has 0 aliphatic carbocycles. The van der Waals surface area contributed by atoms with E-state index in [0.29, 0.717) is 5.69 Å². The molecule has 0 bridgehead atoms. The zero-order valence-corrected chi connectivity index (χ0v) is 17.0. The lowest BCUT2D eigenvalue weighted by Gasteiger charge is -2.18. The fourth-order valence-electron chi connectivity index (χ4n) is 3.70. The first-order chi connectivity index (χ1) is 15.1. The highest BCUT2D eigenvalue weighted by atomic mass is 16.3. The molecule has 4 rings (SSSR count). The number of aromatic hydroxyl groups is 2. The lowest BCUT2D eigenvalue weighted by atomic mass is 9.89. The molecular weight excluding hydrogens is 386 g/mol. The molecule has 4 aromatic rings. The van der Waals surface area contributed by atoms with E-state index >= 15 is 0 Å². The van der Waals surface area contributed by atoms with Crippen LogP contribution in [0.4, 0.5) is 0 Å². The highest BCUT2D eigenvalue weighted by Crippen LogP contribution is 2.27. The average Bonchev–Trinajstić information content (AvgIpc) is 2.81. The summed E-state index contributed by atoms with van der Waals surface area (Å²) in [5.41, 5.74) is 3.87. The van der Waals surface area contributed by atoms with Gasteiger partial charge in [-0.15, -0.1) is 0 Å². The molecule has 154 valence electrons. The zero-order chi connectivity index (χ0) is 21.6. The topological polar surface area (TPSA) is 70.4 Å². The molecule has 0 unspecified atom stereocenters. The van der Waals surface area contributed by atoms with Gasteiger partial charge in [0.1, 0.15) is 5.69 Å². The molecule has 0 fully saturated rings. The third kappa shape index (κ3) is 4.98. The molecule has 0 saturated carbocycles. The van der Waals surface area contributed by atoms with Gasteiger partial charge in [-0.3, -0.25) is 4.79 Å². The maximum atomic E-state index is 12.9. The first-order valence-corrected chi connectivity index (χ1v) is 10.2. The van der Waals surface area contributed by atoms with Crippen molar-refractivity contribution in [3.8, 4) is 11.5 Å². The number of phenols is 2. The molecule has 2 N–H and O–H groups in total. The van der Waals surface area contributed by atoms with Crippen LogP contribution in [0.25, 0.3) is 0 Å². The van der Waals surface area contributed by atoms with Crippen LogP contribution in [-0.2, 0) is 12.8 Å². The molecule has 3 aromatic carbocycles. The van der Waals surface area contributed by atoms with E-state index < -0.39 is 0 Å².